The van der Waals surface area contributed by atoms with E-state index >= 15 is 0 Å². The van der Waals surface area contributed by atoms with Crippen LogP contribution in [0.15, 0.2) is 51.7 Å². The number of aromatic nitrogens is 2. The Labute approximate surface area is 154 Å². The quantitative estimate of drug-likeness (QED) is 0.433. The first-order valence-electron chi connectivity index (χ1n) is 8.30. The van der Waals surface area contributed by atoms with Gasteiger partial charge in [-0.3, -0.25) is 13.8 Å². The summed E-state index contributed by atoms with van der Waals surface area (Å²) in [5, 5.41) is 0.723. The van der Waals surface area contributed by atoms with Crippen molar-refractivity contribution in [3.8, 4) is 5.69 Å². The Balaban J connectivity index is 2.33. The fourth-order valence-electron chi connectivity index (χ4n) is 3.59. The van der Waals surface area contributed by atoms with E-state index in [1.54, 1.807) is 0 Å². The zero-order chi connectivity index (χ0) is 17.9. The lowest BCUT2D eigenvalue weighted by molar-refractivity contribution is 0.972. The van der Waals surface area contributed by atoms with Crippen LogP contribution >= 0.6 is 15.9 Å². The van der Waals surface area contributed by atoms with Gasteiger partial charge in [-0.2, -0.15) is 0 Å². The second kappa shape index (κ2) is 5.60. The second-order valence-electron chi connectivity index (χ2n) is 6.63. The number of fused-ring (bicyclic) bond motifs is 3. The molecule has 0 saturated heterocycles. The van der Waals surface area contributed by atoms with Crippen molar-refractivity contribution in [1.82, 2.24) is 8.97 Å². The SMILES string of the molecule is Cc1ccc(-n2c(=O)c3ccccc3n3c(C)c(C)c(Br)c23)c(C)c1. The molecule has 0 saturated carbocycles. The van der Waals surface area contributed by atoms with E-state index in [-0.39, 0.29) is 5.56 Å². The van der Waals surface area contributed by atoms with Crippen LogP contribution in [0.3, 0.4) is 0 Å². The van der Waals surface area contributed by atoms with Gasteiger partial charge in [-0.25, -0.2) is 0 Å². The van der Waals surface area contributed by atoms with Crippen LogP contribution in [0.4, 0.5) is 0 Å². The zero-order valence-electron chi connectivity index (χ0n) is 14.7. The standard InChI is InChI=1S/C21H19BrN2O/c1-12-9-10-17(13(2)11-12)24-20-19(22)14(3)15(4)23(20)18-8-6-5-7-16(18)21(24)25/h5-11H,1-4H3. The van der Waals surface area contributed by atoms with Crippen molar-refractivity contribution in [3.05, 3.63) is 79.7 Å². The van der Waals surface area contributed by atoms with Crippen LogP contribution in [-0.2, 0) is 0 Å². The third-order valence-electron chi connectivity index (χ3n) is 5.00. The van der Waals surface area contributed by atoms with Crippen molar-refractivity contribution in [2.45, 2.75) is 27.7 Å². The highest BCUT2D eigenvalue weighted by Gasteiger charge is 2.20. The Hall–Kier alpha value is -2.33. The molecule has 126 valence electrons. The highest BCUT2D eigenvalue weighted by molar-refractivity contribution is 9.10. The molecule has 3 nitrogen and oxygen atoms in total. The molecule has 25 heavy (non-hydrogen) atoms. The summed E-state index contributed by atoms with van der Waals surface area (Å²) < 4.78 is 4.98. The number of halogens is 1. The topological polar surface area (TPSA) is 26.4 Å². The van der Waals surface area contributed by atoms with Gasteiger partial charge >= 0.3 is 0 Å². The molecule has 2 heterocycles. The highest BCUT2D eigenvalue weighted by atomic mass is 79.9. The average Bonchev–Trinajstić information content (AvgIpc) is 2.81. The van der Waals surface area contributed by atoms with Gasteiger partial charge in [-0.15, -0.1) is 0 Å². The maximum atomic E-state index is 13.4. The Kier molecular flexibility index (Phi) is 3.62. The first kappa shape index (κ1) is 16.2. The molecule has 0 spiro atoms. The van der Waals surface area contributed by atoms with Gasteiger partial charge in [0.1, 0.15) is 5.65 Å². The molecule has 0 radical (unpaired) electrons. The summed E-state index contributed by atoms with van der Waals surface area (Å²) in [6.45, 7) is 8.29. The summed E-state index contributed by atoms with van der Waals surface area (Å²) in [6.07, 6.45) is 0. The third-order valence-corrected chi connectivity index (χ3v) is 5.95. The molecule has 2 aromatic heterocycles. The van der Waals surface area contributed by atoms with E-state index in [2.05, 4.69) is 60.2 Å². The van der Waals surface area contributed by atoms with Crippen molar-refractivity contribution in [2.75, 3.05) is 0 Å². The van der Waals surface area contributed by atoms with Gasteiger partial charge in [0.15, 0.2) is 0 Å². The maximum Gasteiger partial charge on any atom is 0.266 e. The van der Waals surface area contributed by atoms with E-state index in [1.807, 2.05) is 34.9 Å². The summed E-state index contributed by atoms with van der Waals surface area (Å²) in [7, 11) is 0. The first-order chi connectivity index (χ1) is 11.9. The summed E-state index contributed by atoms with van der Waals surface area (Å²) in [6, 6.07) is 14.0. The Morgan fingerprint density at radius 1 is 0.960 bits per heavy atom. The summed E-state index contributed by atoms with van der Waals surface area (Å²) >= 11 is 3.73. The molecule has 0 aliphatic rings. The Bertz CT molecular complexity index is 1210. The van der Waals surface area contributed by atoms with Gasteiger partial charge in [-0.05, 0) is 73.0 Å². The number of hydrogen-bond donors (Lipinski definition) is 0. The monoisotopic (exact) mass is 394 g/mol. The Morgan fingerprint density at radius 3 is 2.40 bits per heavy atom. The van der Waals surface area contributed by atoms with Crippen LogP contribution < -0.4 is 5.56 Å². The molecule has 0 bridgehead atoms. The molecular weight excluding hydrogens is 376 g/mol. The molecule has 0 unspecified atom stereocenters. The number of hydrogen-bond acceptors (Lipinski definition) is 1. The van der Waals surface area contributed by atoms with E-state index in [9.17, 15) is 4.79 Å². The molecule has 0 fully saturated rings. The van der Waals surface area contributed by atoms with Crippen LogP contribution in [0.25, 0.3) is 22.2 Å². The third kappa shape index (κ3) is 2.20. The van der Waals surface area contributed by atoms with Crippen molar-refractivity contribution in [2.24, 2.45) is 0 Å². The van der Waals surface area contributed by atoms with Crippen molar-refractivity contribution in [3.63, 3.8) is 0 Å². The maximum absolute atomic E-state index is 13.4. The summed E-state index contributed by atoms with van der Waals surface area (Å²) in [5.74, 6) is 0. The van der Waals surface area contributed by atoms with Crippen LogP contribution in [0.1, 0.15) is 22.4 Å². The van der Waals surface area contributed by atoms with Crippen LogP contribution in [-0.4, -0.2) is 8.97 Å². The molecule has 4 rings (SSSR count). The smallest absolute Gasteiger partial charge is 0.266 e. The van der Waals surface area contributed by atoms with Crippen molar-refractivity contribution in [1.29, 1.82) is 0 Å². The number of rotatable bonds is 1. The van der Waals surface area contributed by atoms with Gasteiger partial charge in [0.25, 0.3) is 5.56 Å². The van der Waals surface area contributed by atoms with Gasteiger partial charge in [0.05, 0.1) is 21.1 Å². The minimum atomic E-state index is 0.00764. The molecule has 0 N–H and O–H groups in total. The number of aryl methyl sites for hydroxylation is 3. The Morgan fingerprint density at radius 2 is 1.68 bits per heavy atom. The largest absolute Gasteiger partial charge is 0.298 e. The fraction of sp³-hybridized carbons (Fsp3) is 0.190. The normalized spacial score (nSPS) is 11.6. The molecule has 0 amide bonds. The van der Waals surface area contributed by atoms with Crippen LogP contribution in [0.5, 0.6) is 0 Å². The van der Waals surface area contributed by atoms with E-state index < -0.39 is 0 Å². The van der Waals surface area contributed by atoms with E-state index in [0.29, 0.717) is 0 Å². The molecule has 0 atom stereocenters. The minimum absolute atomic E-state index is 0.00764. The lowest BCUT2D eigenvalue weighted by atomic mass is 10.1. The summed E-state index contributed by atoms with van der Waals surface area (Å²) in [4.78, 5) is 13.4. The minimum Gasteiger partial charge on any atom is -0.298 e. The highest BCUT2D eigenvalue weighted by Crippen LogP contribution is 2.32. The lowest BCUT2D eigenvalue weighted by Crippen LogP contribution is -2.22. The second-order valence-corrected chi connectivity index (χ2v) is 7.42. The van der Waals surface area contributed by atoms with Gasteiger partial charge in [0, 0.05) is 5.69 Å². The van der Waals surface area contributed by atoms with E-state index in [4.69, 9.17) is 0 Å². The van der Waals surface area contributed by atoms with Gasteiger partial charge < -0.3 is 0 Å². The predicted molar refractivity (Wildman–Crippen MR) is 107 cm³/mol. The lowest BCUT2D eigenvalue weighted by Gasteiger charge is -2.15. The molecule has 0 aliphatic heterocycles. The van der Waals surface area contributed by atoms with Gasteiger partial charge in [-0.1, -0.05) is 29.8 Å². The fourth-order valence-corrected chi connectivity index (χ4v) is 4.23. The van der Waals surface area contributed by atoms with Crippen molar-refractivity contribution >= 4 is 32.5 Å². The molecule has 4 heteroatoms. The number of para-hydroxylation sites is 1. The number of nitrogens with zero attached hydrogens (tertiary/aromatic N) is 2. The van der Waals surface area contributed by atoms with Crippen LogP contribution in [0.2, 0.25) is 0 Å². The van der Waals surface area contributed by atoms with E-state index in [1.165, 1.54) is 5.56 Å². The molecule has 2 aromatic carbocycles. The average molecular weight is 395 g/mol. The van der Waals surface area contributed by atoms with Crippen LogP contribution in [0, 0.1) is 27.7 Å². The van der Waals surface area contributed by atoms with E-state index in [0.717, 1.165) is 43.5 Å². The van der Waals surface area contributed by atoms with Crippen molar-refractivity contribution < 1.29 is 0 Å². The van der Waals surface area contributed by atoms with Gasteiger partial charge in [0.2, 0.25) is 0 Å². The molecular formula is C21H19BrN2O. The predicted octanol–water partition coefficient (Wildman–Crippen LogP) is 5.24. The zero-order valence-corrected chi connectivity index (χ0v) is 16.3. The number of benzene rings is 2. The molecule has 4 aromatic rings. The molecule has 0 aliphatic carbocycles. The summed E-state index contributed by atoms with van der Waals surface area (Å²) in [5.41, 5.74) is 7.31. The first-order valence-corrected chi connectivity index (χ1v) is 9.09.